The molecule has 2 unspecified atom stereocenters. The Labute approximate surface area is 433 Å². The number of pyridine rings is 1. The van der Waals surface area contributed by atoms with Gasteiger partial charge in [-0.05, 0) is 108 Å². The van der Waals surface area contributed by atoms with Crippen molar-refractivity contribution in [3.05, 3.63) is 91.3 Å². The van der Waals surface area contributed by atoms with Crippen molar-refractivity contribution in [2.75, 3.05) is 48.8 Å². The normalized spacial score (nSPS) is 14.2. The summed E-state index contributed by atoms with van der Waals surface area (Å²) in [4.78, 5) is 66.9. The largest absolute Gasteiger partial charge is 0.491 e. The minimum atomic E-state index is -1.22. The molecule has 0 radical (unpaired) electrons. The van der Waals surface area contributed by atoms with Crippen LogP contribution in [0.2, 0.25) is 0 Å². The van der Waals surface area contributed by atoms with Crippen LogP contribution in [0.4, 0.5) is 25.7 Å². The number of benzene rings is 2. The molecule has 0 spiro atoms. The molecule has 21 nitrogen and oxygen atoms in total. The minimum Gasteiger partial charge on any atom is -0.491 e. The SMILES string of the molecule is CCNC(=O)Nc1nc2cc(-c3cnc(C(O)CCCNC(=O)Nc4nc5cc(-c6cnc(C(C)(C)O)nc6)cc(-c6nccc(NCC(C)(C)O)n6)c5s4)nc3)cc(-c3cc(OCC4CCCO4)ccn3)c2s1. The van der Waals surface area contributed by atoms with Crippen LogP contribution in [0.1, 0.15) is 78.1 Å². The number of aromatic nitrogens is 9. The molecule has 1 fully saturated rings. The van der Waals surface area contributed by atoms with Gasteiger partial charge < -0.3 is 40.7 Å². The summed E-state index contributed by atoms with van der Waals surface area (Å²) in [7, 11) is 0. The van der Waals surface area contributed by atoms with Gasteiger partial charge in [-0.3, -0.25) is 15.6 Å². The summed E-state index contributed by atoms with van der Waals surface area (Å²) in [6, 6.07) is 12.2. The van der Waals surface area contributed by atoms with E-state index in [2.05, 4.69) is 56.5 Å². The van der Waals surface area contributed by atoms with Gasteiger partial charge in [0.05, 0.1) is 37.8 Å². The number of thiazole rings is 2. The predicted octanol–water partition coefficient (Wildman–Crippen LogP) is 8.08. The predicted molar refractivity (Wildman–Crippen MR) is 284 cm³/mol. The average Bonchev–Trinajstić information content (AvgIpc) is 4.16. The summed E-state index contributed by atoms with van der Waals surface area (Å²) in [6.45, 7) is 10.6. The number of carbonyl (C=O) groups excluding carboxylic acids is 2. The molecule has 2 aromatic carbocycles. The smallest absolute Gasteiger partial charge is 0.321 e. The zero-order valence-electron chi connectivity index (χ0n) is 41.3. The van der Waals surface area contributed by atoms with Crippen molar-refractivity contribution in [3.63, 3.8) is 0 Å². The van der Waals surface area contributed by atoms with Crippen LogP contribution < -0.4 is 31.3 Å². The lowest BCUT2D eigenvalue weighted by Gasteiger charge is -2.18. The minimum absolute atomic E-state index is 0.0526. The second-order valence-corrected chi connectivity index (χ2v) is 20.7. The lowest BCUT2D eigenvalue weighted by atomic mass is 10.0. The summed E-state index contributed by atoms with van der Waals surface area (Å²) < 4.78 is 13.4. The fraction of sp³-hybridized carbons (Fsp3) is 0.353. The van der Waals surface area contributed by atoms with E-state index < -0.39 is 23.3 Å². The van der Waals surface area contributed by atoms with E-state index in [-0.39, 0.29) is 43.3 Å². The van der Waals surface area contributed by atoms with E-state index in [1.54, 1.807) is 70.9 Å². The van der Waals surface area contributed by atoms with Crippen molar-refractivity contribution < 1.29 is 34.4 Å². The maximum Gasteiger partial charge on any atom is 0.321 e. The first-order chi connectivity index (χ1) is 35.5. The third kappa shape index (κ3) is 12.8. The van der Waals surface area contributed by atoms with E-state index >= 15 is 0 Å². The number of fused-ring (bicyclic) bond motifs is 2. The number of aliphatic hydroxyl groups is 3. The summed E-state index contributed by atoms with van der Waals surface area (Å²) >= 11 is 2.59. The zero-order chi connectivity index (χ0) is 52.0. The Kier molecular flexibility index (Phi) is 15.6. The molecule has 0 bridgehead atoms. The van der Waals surface area contributed by atoms with Gasteiger partial charge >= 0.3 is 12.1 Å². The van der Waals surface area contributed by atoms with E-state index in [4.69, 9.17) is 24.4 Å². The molecule has 8 aromatic rings. The lowest BCUT2D eigenvalue weighted by Crippen LogP contribution is -2.29. The molecular formula is C51H56N14O7S2. The highest BCUT2D eigenvalue weighted by molar-refractivity contribution is 7.23. The average molecular weight is 1040 g/mol. The van der Waals surface area contributed by atoms with E-state index in [0.717, 1.165) is 35.3 Å². The molecule has 6 aromatic heterocycles. The van der Waals surface area contributed by atoms with Crippen LogP contribution in [0.15, 0.2) is 79.6 Å². The summed E-state index contributed by atoms with van der Waals surface area (Å²) in [5.41, 5.74) is 3.89. The topological polar surface area (TPSA) is 289 Å². The zero-order valence-corrected chi connectivity index (χ0v) is 43.0. The molecule has 1 saturated heterocycles. The summed E-state index contributed by atoms with van der Waals surface area (Å²) in [5, 5.41) is 47.0. The molecular weight excluding hydrogens is 985 g/mol. The van der Waals surface area contributed by atoms with Crippen LogP contribution in [0.5, 0.6) is 5.75 Å². The molecule has 1 aliphatic rings. The third-order valence-corrected chi connectivity index (χ3v) is 13.6. The van der Waals surface area contributed by atoms with E-state index in [1.165, 1.54) is 22.7 Å². The number of hydrogen-bond acceptors (Lipinski definition) is 19. The first kappa shape index (κ1) is 51.5. The number of nitrogens with one attached hydrogen (secondary N) is 5. The van der Waals surface area contributed by atoms with E-state index in [0.29, 0.717) is 90.9 Å². The van der Waals surface area contributed by atoms with Gasteiger partial charge in [0.25, 0.3) is 0 Å². The Morgan fingerprint density at radius 3 is 2.05 bits per heavy atom. The Morgan fingerprint density at radius 2 is 1.42 bits per heavy atom. The second-order valence-electron chi connectivity index (χ2n) is 18.7. The molecule has 23 heteroatoms. The van der Waals surface area contributed by atoms with Crippen molar-refractivity contribution in [1.82, 2.24) is 55.5 Å². The molecule has 1 aliphatic heterocycles. The highest BCUT2D eigenvalue weighted by atomic mass is 32.1. The number of hydrogen-bond donors (Lipinski definition) is 8. The molecule has 9 rings (SSSR count). The summed E-state index contributed by atoms with van der Waals surface area (Å²) in [6.07, 6.45) is 11.5. The lowest BCUT2D eigenvalue weighted by molar-refractivity contribution is 0.0679. The highest BCUT2D eigenvalue weighted by Gasteiger charge is 2.23. The maximum atomic E-state index is 13.2. The Balaban J connectivity index is 0.860. The van der Waals surface area contributed by atoms with Gasteiger partial charge in [-0.2, -0.15) is 0 Å². The Morgan fingerprint density at radius 1 is 0.784 bits per heavy atom. The number of ether oxygens (including phenoxy) is 2. The van der Waals surface area contributed by atoms with Gasteiger partial charge in [0.15, 0.2) is 27.7 Å². The maximum absolute atomic E-state index is 13.2. The molecule has 2 atom stereocenters. The number of nitrogens with zero attached hydrogens (tertiary/aromatic N) is 9. The molecule has 384 valence electrons. The van der Waals surface area contributed by atoms with Crippen LogP contribution >= 0.6 is 22.7 Å². The fourth-order valence-corrected chi connectivity index (χ4v) is 9.80. The van der Waals surface area contributed by atoms with Crippen molar-refractivity contribution in [2.24, 2.45) is 0 Å². The molecule has 0 aliphatic carbocycles. The standard InChI is InChI=1S/C51H56N14O7S2/c1-6-52-46(67)64-48-61-37-19-28(17-34(41(37)73-48)36-21-32(11-14-53-36)72-26-33-9-8-16-71-33)30-22-56-44(57-23-30)39(66)10-7-13-55-47(68)65-49-62-38-20-29(31-24-58-45(59-25-31)51(4,5)70)18-35(42(38)74-49)43-54-15-12-40(63-43)60-27-50(2,3)69/h11-12,14-15,17-25,33,39,66,69-70H,6-10,13,16,26-27H2,1-5H3,(H,54,60,63)(H2,52,61,64,67)(H2,55,62,65,68). The van der Waals surface area contributed by atoms with Crippen molar-refractivity contribution in [1.29, 1.82) is 0 Å². The molecule has 7 heterocycles. The van der Waals surface area contributed by atoms with Crippen LogP contribution in [-0.2, 0) is 10.3 Å². The molecule has 0 saturated carbocycles. The van der Waals surface area contributed by atoms with Gasteiger partial charge in [0.1, 0.15) is 29.9 Å². The first-order valence-electron chi connectivity index (χ1n) is 24.1. The van der Waals surface area contributed by atoms with Crippen LogP contribution in [0, 0.1) is 0 Å². The molecule has 8 N–H and O–H groups in total. The van der Waals surface area contributed by atoms with Gasteiger partial charge in [-0.15, -0.1) is 0 Å². The van der Waals surface area contributed by atoms with Gasteiger partial charge in [0.2, 0.25) is 0 Å². The fourth-order valence-electron chi connectivity index (χ4n) is 7.89. The second kappa shape index (κ2) is 22.4. The van der Waals surface area contributed by atoms with Crippen molar-refractivity contribution in [3.8, 4) is 50.6 Å². The number of aliphatic hydroxyl groups excluding tert-OH is 1. The van der Waals surface area contributed by atoms with Crippen LogP contribution in [-0.4, -0.2) is 117 Å². The quantitative estimate of drug-likeness (QED) is 0.0355. The Bertz CT molecular complexity index is 3260. The Hall–Kier alpha value is -7.41. The first-order valence-corrected chi connectivity index (χ1v) is 25.7. The van der Waals surface area contributed by atoms with Gasteiger partial charge in [-0.1, -0.05) is 22.7 Å². The monoisotopic (exact) mass is 1040 g/mol. The number of anilines is 3. The number of rotatable bonds is 19. The van der Waals surface area contributed by atoms with Gasteiger partial charge in [0, 0.05) is 91.7 Å². The third-order valence-electron chi connectivity index (χ3n) is 11.6. The van der Waals surface area contributed by atoms with Crippen molar-refractivity contribution >= 4 is 71.3 Å². The number of carbonyl (C=O) groups is 2. The van der Waals surface area contributed by atoms with Gasteiger partial charge in [-0.25, -0.2) is 49.5 Å². The van der Waals surface area contributed by atoms with Crippen LogP contribution in [0.3, 0.4) is 0 Å². The highest BCUT2D eigenvalue weighted by Crippen LogP contribution is 2.40. The number of urea groups is 2. The van der Waals surface area contributed by atoms with E-state index in [9.17, 15) is 24.9 Å². The summed E-state index contributed by atoms with van der Waals surface area (Å²) in [5.74, 6) is 2.06. The molecule has 74 heavy (non-hydrogen) atoms. The van der Waals surface area contributed by atoms with Crippen molar-refractivity contribution in [2.45, 2.75) is 83.7 Å². The van der Waals surface area contributed by atoms with Crippen LogP contribution in [0.25, 0.3) is 65.3 Å². The van der Waals surface area contributed by atoms with E-state index in [1.807, 2.05) is 43.3 Å². The number of amides is 4. The molecule has 4 amide bonds.